The number of carbonyl (C=O) groups excluding carboxylic acids is 1. The molecule has 1 unspecified atom stereocenters. The number of hydrogen-bond acceptors (Lipinski definition) is 4. The van der Waals surface area contributed by atoms with E-state index in [0.29, 0.717) is 24.8 Å². The molecule has 3 rings (SSSR count). The Balaban J connectivity index is 1.69. The fraction of sp³-hybridized carbons (Fsp3) is 0.375. The lowest BCUT2D eigenvalue weighted by molar-refractivity contribution is -0.138. The average molecular weight is 322 g/mol. The van der Waals surface area contributed by atoms with Crippen molar-refractivity contribution in [1.29, 1.82) is 0 Å². The molecule has 0 saturated carbocycles. The highest BCUT2D eigenvalue weighted by Gasteiger charge is 2.27. The molecule has 1 aliphatic rings. The zero-order valence-corrected chi connectivity index (χ0v) is 12.6. The zero-order valence-electron chi connectivity index (χ0n) is 12.6. The number of oxazole rings is 1. The first-order valence-corrected chi connectivity index (χ1v) is 7.28. The molecule has 2 aromatic rings. The van der Waals surface area contributed by atoms with E-state index in [1.165, 1.54) is 18.3 Å². The molecule has 5 nitrogen and oxygen atoms in total. The van der Waals surface area contributed by atoms with Gasteiger partial charge < -0.3 is 14.1 Å². The van der Waals surface area contributed by atoms with Crippen molar-refractivity contribution in [3.8, 4) is 0 Å². The molecule has 23 heavy (non-hydrogen) atoms. The molecule has 1 aromatic heterocycles. The summed E-state index contributed by atoms with van der Waals surface area (Å²) in [5, 5.41) is 0. The molecule has 2 heterocycles. The maximum absolute atomic E-state index is 13.9. The number of rotatable bonds is 3. The molecule has 1 aromatic carbocycles. The molecular formula is C16H16F2N2O3. The Labute approximate surface area is 131 Å². The second-order valence-corrected chi connectivity index (χ2v) is 5.39. The van der Waals surface area contributed by atoms with Crippen molar-refractivity contribution < 1.29 is 22.7 Å². The molecule has 0 N–H and O–H groups in total. The fourth-order valence-corrected chi connectivity index (χ4v) is 2.57. The highest BCUT2D eigenvalue weighted by molar-refractivity contribution is 5.78. The Hall–Kier alpha value is -2.28. The molecule has 1 atom stereocenters. The van der Waals surface area contributed by atoms with Crippen LogP contribution in [0.15, 0.2) is 28.8 Å². The van der Waals surface area contributed by atoms with Gasteiger partial charge in [-0.3, -0.25) is 4.79 Å². The maximum atomic E-state index is 13.9. The zero-order chi connectivity index (χ0) is 16.4. The normalized spacial score (nSPS) is 18.2. The van der Waals surface area contributed by atoms with E-state index in [2.05, 4.69) is 4.98 Å². The van der Waals surface area contributed by atoms with Gasteiger partial charge in [0.15, 0.2) is 5.89 Å². The van der Waals surface area contributed by atoms with Gasteiger partial charge in [-0.25, -0.2) is 13.8 Å². The second-order valence-electron chi connectivity index (χ2n) is 5.39. The molecular weight excluding hydrogens is 306 g/mol. The number of morpholine rings is 1. The summed E-state index contributed by atoms with van der Waals surface area (Å²) < 4.78 is 37.7. The Bertz CT molecular complexity index is 717. The lowest BCUT2D eigenvalue weighted by Gasteiger charge is -2.33. The second kappa shape index (κ2) is 6.45. The molecule has 7 heteroatoms. The first-order chi connectivity index (χ1) is 11.0. The van der Waals surface area contributed by atoms with E-state index in [1.807, 2.05) is 0 Å². The van der Waals surface area contributed by atoms with Crippen molar-refractivity contribution in [2.24, 2.45) is 0 Å². The lowest BCUT2D eigenvalue weighted by Crippen LogP contribution is -2.43. The van der Waals surface area contributed by atoms with Crippen LogP contribution in [0.5, 0.6) is 0 Å². The van der Waals surface area contributed by atoms with Crippen LogP contribution in [0.25, 0.3) is 0 Å². The number of aryl methyl sites for hydroxylation is 1. The van der Waals surface area contributed by atoms with Gasteiger partial charge in [0.2, 0.25) is 5.91 Å². The van der Waals surface area contributed by atoms with Crippen LogP contribution in [0.4, 0.5) is 8.78 Å². The molecule has 1 amide bonds. The Morgan fingerprint density at radius 1 is 1.43 bits per heavy atom. The molecule has 0 aliphatic carbocycles. The minimum Gasteiger partial charge on any atom is -0.446 e. The number of nitrogens with zero attached hydrogens (tertiary/aromatic N) is 2. The van der Waals surface area contributed by atoms with Gasteiger partial charge in [0, 0.05) is 25.1 Å². The summed E-state index contributed by atoms with van der Waals surface area (Å²) in [7, 11) is 0. The molecule has 1 saturated heterocycles. The van der Waals surface area contributed by atoms with Gasteiger partial charge in [-0.1, -0.05) is 6.07 Å². The number of aromatic nitrogens is 1. The van der Waals surface area contributed by atoms with E-state index in [-0.39, 0.29) is 24.4 Å². The van der Waals surface area contributed by atoms with E-state index in [0.717, 1.165) is 6.07 Å². The number of ether oxygens (including phenoxy) is 1. The lowest BCUT2D eigenvalue weighted by atomic mass is 10.1. The molecule has 0 spiro atoms. The van der Waals surface area contributed by atoms with Crippen molar-refractivity contribution in [3.63, 3.8) is 0 Å². The minimum atomic E-state index is -0.671. The van der Waals surface area contributed by atoms with E-state index in [1.54, 1.807) is 11.8 Å². The topological polar surface area (TPSA) is 55.6 Å². The summed E-state index contributed by atoms with van der Waals surface area (Å²) >= 11 is 0. The van der Waals surface area contributed by atoms with Crippen LogP contribution < -0.4 is 0 Å². The Morgan fingerprint density at radius 2 is 2.26 bits per heavy atom. The summed E-state index contributed by atoms with van der Waals surface area (Å²) in [4.78, 5) is 17.9. The number of carbonyl (C=O) groups is 1. The number of halogens is 2. The summed E-state index contributed by atoms with van der Waals surface area (Å²) in [5.41, 5.74) is 0.249. The highest BCUT2D eigenvalue weighted by atomic mass is 19.1. The van der Waals surface area contributed by atoms with E-state index < -0.39 is 17.7 Å². The van der Waals surface area contributed by atoms with Crippen LogP contribution >= 0.6 is 0 Å². The quantitative estimate of drug-likeness (QED) is 0.871. The van der Waals surface area contributed by atoms with Crippen LogP contribution in [0, 0.1) is 18.6 Å². The first-order valence-electron chi connectivity index (χ1n) is 7.28. The van der Waals surface area contributed by atoms with Gasteiger partial charge in [-0.2, -0.15) is 0 Å². The molecule has 0 bridgehead atoms. The largest absolute Gasteiger partial charge is 0.446 e. The van der Waals surface area contributed by atoms with Gasteiger partial charge in [-0.15, -0.1) is 0 Å². The third-order valence-corrected chi connectivity index (χ3v) is 3.72. The SMILES string of the molecule is Cc1ncc(CC(=O)N2CCOC(c3ccc(F)cc3F)C2)o1. The van der Waals surface area contributed by atoms with Gasteiger partial charge >= 0.3 is 0 Å². The van der Waals surface area contributed by atoms with Gasteiger partial charge in [-0.05, 0) is 6.07 Å². The van der Waals surface area contributed by atoms with Gasteiger partial charge in [0.05, 0.1) is 25.8 Å². The number of hydrogen-bond donors (Lipinski definition) is 0. The highest BCUT2D eigenvalue weighted by Crippen LogP contribution is 2.25. The van der Waals surface area contributed by atoms with Crippen LogP contribution in [0.1, 0.15) is 23.3 Å². The maximum Gasteiger partial charge on any atom is 0.230 e. The Morgan fingerprint density at radius 3 is 2.96 bits per heavy atom. The molecule has 0 radical (unpaired) electrons. The van der Waals surface area contributed by atoms with E-state index in [9.17, 15) is 13.6 Å². The van der Waals surface area contributed by atoms with Crippen LogP contribution in [0.3, 0.4) is 0 Å². The van der Waals surface area contributed by atoms with Crippen LogP contribution in [0.2, 0.25) is 0 Å². The summed E-state index contributed by atoms with van der Waals surface area (Å²) in [5.74, 6) is -0.465. The van der Waals surface area contributed by atoms with Crippen molar-refractivity contribution in [2.75, 3.05) is 19.7 Å². The van der Waals surface area contributed by atoms with Crippen molar-refractivity contribution >= 4 is 5.91 Å². The standard InChI is InChI=1S/C16H16F2N2O3/c1-10-19-8-12(23-10)7-16(21)20-4-5-22-15(9-20)13-3-2-11(17)6-14(13)18/h2-3,6,8,15H,4-5,7,9H2,1H3. The Kier molecular flexibility index (Phi) is 4.38. The van der Waals surface area contributed by atoms with E-state index in [4.69, 9.17) is 9.15 Å². The number of benzene rings is 1. The number of amides is 1. The van der Waals surface area contributed by atoms with Gasteiger partial charge in [0.25, 0.3) is 0 Å². The van der Waals surface area contributed by atoms with Crippen molar-refractivity contribution in [1.82, 2.24) is 9.88 Å². The molecule has 1 aliphatic heterocycles. The third kappa shape index (κ3) is 3.56. The first kappa shape index (κ1) is 15.6. The van der Waals surface area contributed by atoms with Crippen LogP contribution in [-0.2, 0) is 16.0 Å². The summed E-state index contributed by atoms with van der Waals surface area (Å²) in [6.45, 7) is 2.64. The summed E-state index contributed by atoms with van der Waals surface area (Å²) in [6.07, 6.45) is 1.01. The average Bonchev–Trinajstić information content (AvgIpc) is 2.92. The smallest absolute Gasteiger partial charge is 0.230 e. The summed E-state index contributed by atoms with van der Waals surface area (Å²) in [6, 6.07) is 3.35. The van der Waals surface area contributed by atoms with Crippen molar-refractivity contribution in [2.45, 2.75) is 19.4 Å². The fourth-order valence-electron chi connectivity index (χ4n) is 2.57. The minimum absolute atomic E-state index is 0.0967. The van der Waals surface area contributed by atoms with Gasteiger partial charge in [0.1, 0.15) is 23.5 Å². The monoisotopic (exact) mass is 322 g/mol. The predicted molar refractivity (Wildman–Crippen MR) is 76.6 cm³/mol. The predicted octanol–water partition coefficient (Wildman–Crippen LogP) is 2.40. The van der Waals surface area contributed by atoms with E-state index >= 15 is 0 Å². The van der Waals surface area contributed by atoms with Crippen molar-refractivity contribution in [3.05, 3.63) is 53.2 Å². The molecule has 122 valence electrons. The third-order valence-electron chi connectivity index (χ3n) is 3.72. The molecule has 1 fully saturated rings. The van der Waals surface area contributed by atoms with Crippen LogP contribution in [-0.4, -0.2) is 35.5 Å².